The van der Waals surface area contributed by atoms with Gasteiger partial charge in [0.1, 0.15) is 5.82 Å². The maximum Gasteiger partial charge on any atom is 0.124 e. The largest absolute Gasteiger partial charge is 0.398 e. The van der Waals surface area contributed by atoms with E-state index in [9.17, 15) is 8.60 Å². The molecule has 4 heteroatoms. The van der Waals surface area contributed by atoms with E-state index in [0.29, 0.717) is 16.3 Å². The van der Waals surface area contributed by atoms with E-state index in [2.05, 4.69) is 0 Å². The van der Waals surface area contributed by atoms with Gasteiger partial charge < -0.3 is 5.73 Å². The average molecular weight is 263 g/mol. The highest BCUT2D eigenvalue weighted by molar-refractivity contribution is 7.84. The predicted molar refractivity (Wildman–Crippen MR) is 72.1 cm³/mol. The molecular formula is C14H14FNOS. The fourth-order valence-corrected chi connectivity index (χ4v) is 3.03. The SMILES string of the molecule is Cc1ccccc1CS(=O)c1cc(F)ccc1N. The maximum atomic E-state index is 13.1. The molecule has 0 bridgehead atoms. The summed E-state index contributed by atoms with van der Waals surface area (Å²) < 4.78 is 25.3. The van der Waals surface area contributed by atoms with Gasteiger partial charge in [0.25, 0.3) is 0 Å². The van der Waals surface area contributed by atoms with Gasteiger partial charge >= 0.3 is 0 Å². The van der Waals surface area contributed by atoms with Crippen molar-refractivity contribution in [3.05, 3.63) is 59.4 Å². The van der Waals surface area contributed by atoms with Crippen molar-refractivity contribution in [2.75, 3.05) is 5.73 Å². The quantitative estimate of drug-likeness (QED) is 0.865. The minimum Gasteiger partial charge on any atom is -0.398 e. The van der Waals surface area contributed by atoms with Crippen LogP contribution in [0.3, 0.4) is 0 Å². The molecule has 0 aliphatic heterocycles. The lowest BCUT2D eigenvalue weighted by Crippen LogP contribution is -2.02. The second-order valence-electron chi connectivity index (χ2n) is 4.10. The summed E-state index contributed by atoms with van der Waals surface area (Å²) in [5, 5.41) is 0. The Hall–Kier alpha value is -1.68. The first-order chi connectivity index (χ1) is 8.58. The smallest absolute Gasteiger partial charge is 0.124 e. The number of nitrogen functional groups attached to an aromatic ring is 1. The fourth-order valence-electron chi connectivity index (χ4n) is 1.70. The monoisotopic (exact) mass is 263 g/mol. The van der Waals surface area contributed by atoms with E-state index in [1.54, 1.807) is 0 Å². The Labute approximate surface area is 108 Å². The van der Waals surface area contributed by atoms with Gasteiger partial charge in [-0.05, 0) is 36.2 Å². The molecule has 0 fully saturated rings. The van der Waals surface area contributed by atoms with Crippen molar-refractivity contribution in [1.82, 2.24) is 0 Å². The van der Waals surface area contributed by atoms with Crippen molar-refractivity contribution >= 4 is 16.5 Å². The molecule has 0 spiro atoms. The Bertz CT molecular complexity index is 598. The van der Waals surface area contributed by atoms with Gasteiger partial charge in [0.2, 0.25) is 0 Å². The van der Waals surface area contributed by atoms with Crippen LogP contribution in [0, 0.1) is 12.7 Å². The zero-order valence-electron chi connectivity index (χ0n) is 10.0. The molecule has 2 N–H and O–H groups in total. The number of hydrogen-bond donors (Lipinski definition) is 1. The number of hydrogen-bond acceptors (Lipinski definition) is 2. The normalized spacial score (nSPS) is 12.3. The van der Waals surface area contributed by atoms with Gasteiger partial charge in [0.05, 0.1) is 21.4 Å². The standard InChI is InChI=1S/C14H14FNOS/c1-10-4-2-3-5-11(10)9-18(17)14-8-12(15)6-7-13(14)16/h2-8H,9,16H2,1H3. The Balaban J connectivity index is 2.28. The van der Waals surface area contributed by atoms with Crippen molar-refractivity contribution in [3.8, 4) is 0 Å². The summed E-state index contributed by atoms with van der Waals surface area (Å²) in [5.74, 6) is -0.0716. The molecule has 0 heterocycles. The van der Waals surface area contributed by atoms with E-state index in [4.69, 9.17) is 5.73 Å². The first kappa shape index (κ1) is 12.8. The van der Waals surface area contributed by atoms with Gasteiger partial charge in [0, 0.05) is 5.69 Å². The summed E-state index contributed by atoms with van der Waals surface area (Å²) >= 11 is 0. The van der Waals surface area contributed by atoms with Crippen LogP contribution < -0.4 is 5.73 Å². The van der Waals surface area contributed by atoms with E-state index in [1.165, 1.54) is 18.2 Å². The summed E-state index contributed by atoms with van der Waals surface area (Å²) in [7, 11) is -1.33. The van der Waals surface area contributed by atoms with Gasteiger partial charge in [-0.3, -0.25) is 4.21 Å². The molecule has 0 aliphatic carbocycles. The number of aryl methyl sites for hydroxylation is 1. The lowest BCUT2D eigenvalue weighted by Gasteiger charge is -2.08. The van der Waals surface area contributed by atoms with Gasteiger partial charge in [0.15, 0.2) is 0 Å². The number of halogens is 1. The van der Waals surface area contributed by atoms with Crippen molar-refractivity contribution < 1.29 is 8.60 Å². The summed E-state index contributed by atoms with van der Waals surface area (Å²) in [6, 6.07) is 11.7. The van der Waals surface area contributed by atoms with Crippen molar-refractivity contribution in [2.45, 2.75) is 17.6 Å². The first-order valence-electron chi connectivity index (χ1n) is 5.56. The van der Waals surface area contributed by atoms with Gasteiger partial charge in [-0.2, -0.15) is 0 Å². The van der Waals surface area contributed by atoms with E-state index in [-0.39, 0.29) is 0 Å². The lowest BCUT2D eigenvalue weighted by atomic mass is 10.1. The van der Waals surface area contributed by atoms with Gasteiger partial charge in [-0.1, -0.05) is 24.3 Å². The molecule has 1 unspecified atom stereocenters. The van der Waals surface area contributed by atoms with Crippen LogP contribution >= 0.6 is 0 Å². The molecule has 0 aliphatic rings. The van der Waals surface area contributed by atoms with Crippen LogP contribution in [0.1, 0.15) is 11.1 Å². The molecule has 2 nitrogen and oxygen atoms in total. The molecule has 2 aromatic carbocycles. The molecule has 18 heavy (non-hydrogen) atoms. The number of nitrogens with two attached hydrogens (primary N) is 1. The van der Waals surface area contributed by atoms with Crippen LogP contribution in [-0.2, 0) is 16.6 Å². The third kappa shape index (κ3) is 2.76. The van der Waals surface area contributed by atoms with Crippen molar-refractivity contribution in [3.63, 3.8) is 0 Å². The number of rotatable bonds is 3. The van der Waals surface area contributed by atoms with Crippen LogP contribution in [0.5, 0.6) is 0 Å². The molecule has 2 rings (SSSR count). The average Bonchev–Trinajstić information content (AvgIpc) is 2.35. The summed E-state index contributed by atoms with van der Waals surface area (Å²) in [4.78, 5) is 0.359. The molecule has 94 valence electrons. The number of benzene rings is 2. The topological polar surface area (TPSA) is 43.1 Å². The Morgan fingerprint density at radius 3 is 2.67 bits per heavy atom. The van der Waals surface area contributed by atoms with Crippen LogP contribution in [0.15, 0.2) is 47.4 Å². The third-order valence-electron chi connectivity index (χ3n) is 2.77. The minimum absolute atomic E-state index is 0.348. The first-order valence-corrected chi connectivity index (χ1v) is 6.87. The highest BCUT2D eigenvalue weighted by atomic mass is 32.2. The fraction of sp³-hybridized carbons (Fsp3) is 0.143. The minimum atomic E-state index is -1.33. The number of anilines is 1. The van der Waals surface area contributed by atoms with Crippen molar-refractivity contribution in [2.24, 2.45) is 0 Å². The van der Waals surface area contributed by atoms with Gasteiger partial charge in [-0.25, -0.2) is 4.39 Å². The van der Waals surface area contributed by atoms with Crippen LogP contribution in [0.25, 0.3) is 0 Å². The Morgan fingerprint density at radius 1 is 1.22 bits per heavy atom. The van der Waals surface area contributed by atoms with Crippen LogP contribution in [0.2, 0.25) is 0 Å². The van der Waals surface area contributed by atoms with Crippen LogP contribution in [0.4, 0.5) is 10.1 Å². The highest BCUT2D eigenvalue weighted by Gasteiger charge is 2.11. The molecule has 2 aromatic rings. The van der Waals surface area contributed by atoms with Crippen LogP contribution in [-0.4, -0.2) is 4.21 Å². The summed E-state index contributed by atoms with van der Waals surface area (Å²) in [5.41, 5.74) is 8.14. The molecule has 1 atom stereocenters. The van der Waals surface area contributed by atoms with E-state index >= 15 is 0 Å². The molecule has 0 saturated heterocycles. The van der Waals surface area contributed by atoms with E-state index < -0.39 is 16.6 Å². The zero-order valence-corrected chi connectivity index (χ0v) is 10.8. The summed E-state index contributed by atoms with van der Waals surface area (Å²) in [6.07, 6.45) is 0. The Morgan fingerprint density at radius 2 is 1.94 bits per heavy atom. The molecular weight excluding hydrogens is 249 g/mol. The van der Waals surface area contributed by atoms with E-state index in [1.807, 2.05) is 31.2 Å². The zero-order chi connectivity index (χ0) is 13.1. The van der Waals surface area contributed by atoms with Gasteiger partial charge in [-0.15, -0.1) is 0 Å². The highest BCUT2D eigenvalue weighted by Crippen LogP contribution is 2.21. The molecule has 0 saturated carbocycles. The third-order valence-corrected chi connectivity index (χ3v) is 4.19. The summed E-state index contributed by atoms with van der Waals surface area (Å²) in [6.45, 7) is 1.96. The molecule has 0 aromatic heterocycles. The second kappa shape index (κ2) is 5.31. The maximum absolute atomic E-state index is 13.1. The Kier molecular flexibility index (Phi) is 3.77. The second-order valence-corrected chi connectivity index (χ2v) is 5.52. The molecule has 0 amide bonds. The lowest BCUT2D eigenvalue weighted by molar-refractivity contribution is 0.623. The predicted octanol–water partition coefficient (Wildman–Crippen LogP) is 3.02. The molecule has 0 radical (unpaired) electrons. The van der Waals surface area contributed by atoms with Crippen molar-refractivity contribution in [1.29, 1.82) is 0 Å². The van der Waals surface area contributed by atoms with E-state index in [0.717, 1.165) is 11.1 Å².